The van der Waals surface area contributed by atoms with Crippen molar-refractivity contribution >= 4 is 0 Å². The summed E-state index contributed by atoms with van der Waals surface area (Å²) in [5.41, 5.74) is 6.60. The Balaban J connectivity index is 2.13. The summed E-state index contributed by atoms with van der Waals surface area (Å²) in [6, 6.07) is 3.36. The number of benzene rings is 1. The number of imidazole rings is 1. The Kier molecular flexibility index (Phi) is 4.27. The summed E-state index contributed by atoms with van der Waals surface area (Å²) in [5, 5.41) is 0. The van der Waals surface area contributed by atoms with Crippen LogP contribution in [0.15, 0.2) is 30.6 Å². The molecule has 0 saturated heterocycles. The van der Waals surface area contributed by atoms with Gasteiger partial charge in [-0.2, -0.15) is 0 Å². The van der Waals surface area contributed by atoms with Crippen LogP contribution in [0.4, 0.5) is 8.78 Å². The number of hydrogen-bond acceptors (Lipinski definition) is 2. The van der Waals surface area contributed by atoms with Crippen LogP contribution >= 0.6 is 0 Å². The molecule has 0 amide bonds. The SMILES string of the molecule is CCCn1ccnc1CC(N)c1ccc(F)c(F)c1. The molecule has 5 heteroatoms. The summed E-state index contributed by atoms with van der Waals surface area (Å²) < 4.78 is 28.1. The number of nitrogens with two attached hydrogens (primary N) is 1. The molecule has 0 aliphatic heterocycles. The molecule has 19 heavy (non-hydrogen) atoms. The quantitative estimate of drug-likeness (QED) is 0.903. The molecule has 0 aliphatic carbocycles. The van der Waals surface area contributed by atoms with Gasteiger partial charge in [0.05, 0.1) is 0 Å². The summed E-state index contributed by atoms with van der Waals surface area (Å²) in [7, 11) is 0. The van der Waals surface area contributed by atoms with E-state index >= 15 is 0 Å². The van der Waals surface area contributed by atoms with E-state index in [0.717, 1.165) is 30.9 Å². The van der Waals surface area contributed by atoms with Crippen LogP contribution < -0.4 is 5.73 Å². The molecular formula is C14H17F2N3. The second kappa shape index (κ2) is 5.93. The number of halogens is 2. The lowest BCUT2D eigenvalue weighted by Gasteiger charge is -2.13. The van der Waals surface area contributed by atoms with Gasteiger partial charge in [-0.25, -0.2) is 13.8 Å². The first-order valence-electron chi connectivity index (χ1n) is 6.32. The number of aryl methyl sites for hydroxylation is 1. The van der Waals surface area contributed by atoms with E-state index in [0.29, 0.717) is 12.0 Å². The van der Waals surface area contributed by atoms with Gasteiger partial charge in [0.15, 0.2) is 11.6 Å². The van der Waals surface area contributed by atoms with Crippen LogP contribution in [0.1, 0.15) is 30.8 Å². The van der Waals surface area contributed by atoms with E-state index in [1.54, 1.807) is 6.20 Å². The maximum Gasteiger partial charge on any atom is 0.159 e. The molecule has 0 radical (unpaired) electrons. The minimum absolute atomic E-state index is 0.395. The predicted molar refractivity (Wildman–Crippen MR) is 69.5 cm³/mol. The average Bonchev–Trinajstić information content (AvgIpc) is 2.80. The Labute approximate surface area is 111 Å². The zero-order valence-corrected chi connectivity index (χ0v) is 10.8. The monoisotopic (exact) mass is 265 g/mol. The molecule has 0 aliphatic rings. The maximum absolute atomic E-state index is 13.2. The van der Waals surface area contributed by atoms with Crippen molar-refractivity contribution in [2.75, 3.05) is 0 Å². The van der Waals surface area contributed by atoms with Gasteiger partial charge >= 0.3 is 0 Å². The maximum atomic E-state index is 13.2. The normalized spacial score (nSPS) is 12.6. The van der Waals surface area contributed by atoms with Gasteiger partial charge in [0.2, 0.25) is 0 Å². The topological polar surface area (TPSA) is 43.8 Å². The fourth-order valence-electron chi connectivity index (χ4n) is 2.03. The first kappa shape index (κ1) is 13.7. The summed E-state index contributed by atoms with van der Waals surface area (Å²) in [6.07, 6.45) is 5.13. The smallest absolute Gasteiger partial charge is 0.159 e. The molecule has 0 bridgehead atoms. The highest BCUT2D eigenvalue weighted by Crippen LogP contribution is 2.18. The molecular weight excluding hydrogens is 248 g/mol. The van der Waals surface area contributed by atoms with Crippen molar-refractivity contribution in [2.45, 2.75) is 32.4 Å². The van der Waals surface area contributed by atoms with Crippen LogP contribution in [0, 0.1) is 11.6 Å². The third-order valence-corrected chi connectivity index (χ3v) is 3.04. The van der Waals surface area contributed by atoms with Gasteiger partial charge in [0.25, 0.3) is 0 Å². The van der Waals surface area contributed by atoms with Crippen LogP contribution in [-0.4, -0.2) is 9.55 Å². The number of nitrogens with zero attached hydrogens (tertiary/aromatic N) is 2. The summed E-state index contributed by atoms with van der Waals surface area (Å²) in [4.78, 5) is 4.26. The van der Waals surface area contributed by atoms with Gasteiger partial charge in [-0.05, 0) is 24.1 Å². The molecule has 0 saturated carbocycles. The molecule has 1 atom stereocenters. The van der Waals surface area contributed by atoms with E-state index < -0.39 is 17.7 Å². The van der Waals surface area contributed by atoms with Crippen molar-refractivity contribution < 1.29 is 8.78 Å². The standard InChI is InChI=1S/C14H17F2N3/c1-2-6-19-7-5-18-14(19)9-13(17)10-3-4-11(15)12(16)8-10/h3-5,7-8,13H,2,6,9,17H2,1H3. The second-order valence-corrected chi connectivity index (χ2v) is 4.52. The highest BCUT2D eigenvalue weighted by atomic mass is 19.2. The highest BCUT2D eigenvalue weighted by molar-refractivity contribution is 5.22. The van der Waals surface area contributed by atoms with Crippen molar-refractivity contribution in [1.82, 2.24) is 9.55 Å². The molecule has 1 aromatic carbocycles. The highest BCUT2D eigenvalue weighted by Gasteiger charge is 2.13. The fraction of sp³-hybridized carbons (Fsp3) is 0.357. The van der Waals surface area contributed by atoms with Crippen molar-refractivity contribution in [1.29, 1.82) is 0 Å². The second-order valence-electron chi connectivity index (χ2n) is 4.52. The van der Waals surface area contributed by atoms with Gasteiger partial charge in [-0.15, -0.1) is 0 Å². The summed E-state index contributed by atoms with van der Waals surface area (Å²) in [6.45, 7) is 2.96. The van der Waals surface area contributed by atoms with Crippen LogP contribution in [0.5, 0.6) is 0 Å². The third kappa shape index (κ3) is 3.17. The lowest BCUT2D eigenvalue weighted by molar-refractivity contribution is 0.504. The van der Waals surface area contributed by atoms with E-state index in [-0.39, 0.29) is 0 Å². The Morgan fingerprint density at radius 3 is 2.79 bits per heavy atom. The average molecular weight is 265 g/mol. The summed E-state index contributed by atoms with van der Waals surface area (Å²) in [5.74, 6) is -0.868. The van der Waals surface area contributed by atoms with Gasteiger partial charge < -0.3 is 10.3 Å². The molecule has 2 N–H and O–H groups in total. The minimum Gasteiger partial charge on any atom is -0.335 e. The van der Waals surface area contributed by atoms with Crippen LogP contribution in [0.3, 0.4) is 0 Å². The molecule has 102 valence electrons. The molecule has 1 unspecified atom stereocenters. The van der Waals surface area contributed by atoms with Gasteiger partial charge in [0, 0.05) is 31.4 Å². The van der Waals surface area contributed by atoms with Crippen LogP contribution in [-0.2, 0) is 13.0 Å². The van der Waals surface area contributed by atoms with E-state index in [1.807, 2.05) is 10.8 Å². The van der Waals surface area contributed by atoms with E-state index in [4.69, 9.17) is 5.73 Å². The number of hydrogen-bond donors (Lipinski definition) is 1. The summed E-state index contributed by atoms with van der Waals surface area (Å²) >= 11 is 0. The zero-order chi connectivity index (χ0) is 13.8. The lowest BCUT2D eigenvalue weighted by atomic mass is 10.0. The largest absolute Gasteiger partial charge is 0.335 e. The predicted octanol–water partition coefficient (Wildman–Crippen LogP) is 2.81. The van der Waals surface area contributed by atoms with Crippen molar-refractivity contribution in [3.63, 3.8) is 0 Å². The number of rotatable bonds is 5. The Morgan fingerprint density at radius 1 is 1.32 bits per heavy atom. The van der Waals surface area contributed by atoms with E-state index in [9.17, 15) is 8.78 Å². The Hall–Kier alpha value is -1.75. The molecule has 0 fully saturated rings. The van der Waals surface area contributed by atoms with Crippen LogP contribution in [0.2, 0.25) is 0 Å². The van der Waals surface area contributed by atoms with Gasteiger partial charge in [-0.3, -0.25) is 0 Å². The van der Waals surface area contributed by atoms with E-state index in [1.165, 1.54) is 6.07 Å². The molecule has 2 aromatic rings. The first-order chi connectivity index (χ1) is 9.11. The third-order valence-electron chi connectivity index (χ3n) is 3.04. The zero-order valence-electron chi connectivity index (χ0n) is 10.8. The molecule has 0 spiro atoms. The first-order valence-corrected chi connectivity index (χ1v) is 6.32. The van der Waals surface area contributed by atoms with Gasteiger partial charge in [-0.1, -0.05) is 13.0 Å². The molecule has 1 heterocycles. The van der Waals surface area contributed by atoms with Crippen molar-refractivity contribution in [3.05, 3.63) is 53.6 Å². The van der Waals surface area contributed by atoms with Gasteiger partial charge in [0.1, 0.15) is 5.82 Å². The Bertz CT molecular complexity index is 551. The molecule has 3 nitrogen and oxygen atoms in total. The minimum atomic E-state index is -0.871. The molecule has 1 aromatic heterocycles. The van der Waals surface area contributed by atoms with Crippen molar-refractivity contribution in [3.8, 4) is 0 Å². The van der Waals surface area contributed by atoms with E-state index in [2.05, 4.69) is 11.9 Å². The van der Waals surface area contributed by atoms with Crippen molar-refractivity contribution in [2.24, 2.45) is 5.73 Å². The Morgan fingerprint density at radius 2 is 2.11 bits per heavy atom. The van der Waals surface area contributed by atoms with Crippen LogP contribution in [0.25, 0.3) is 0 Å². The molecule has 2 rings (SSSR count). The lowest BCUT2D eigenvalue weighted by Crippen LogP contribution is -2.17. The fourth-order valence-corrected chi connectivity index (χ4v) is 2.03. The number of aromatic nitrogens is 2.